The molecule has 2 nitrogen and oxygen atoms in total. The minimum absolute atomic E-state index is 0.133. The van der Waals surface area contributed by atoms with Gasteiger partial charge in [0.2, 0.25) is 0 Å². The van der Waals surface area contributed by atoms with Gasteiger partial charge >= 0.3 is 0 Å². The fourth-order valence-corrected chi connectivity index (χ4v) is 8.57. The van der Waals surface area contributed by atoms with Crippen LogP contribution in [0.2, 0.25) is 0 Å². The molecule has 0 saturated heterocycles. The zero-order chi connectivity index (χ0) is 37.3. The van der Waals surface area contributed by atoms with Gasteiger partial charge in [0.15, 0.2) is 0 Å². The fourth-order valence-electron chi connectivity index (χ4n) is 8.57. The molecule has 0 radical (unpaired) electrons. The van der Waals surface area contributed by atoms with Crippen LogP contribution in [0.4, 0.5) is 0 Å². The quantitative estimate of drug-likeness (QED) is 0.0969. The van der Waals surface area contributed by atoms with Crippen LogP contribution in [0.3, 0.4) is 0 Å². The smallest absolute Gasteiger partial charge is 0.143 e. The first-order chi connectivity index (χ1) is 27.1. The maximum atomic E-state index is 6.72. The molecule has 0 fully saturated rings. The zero-order valence-electron chi connectivity index (χ0n) is 31.8. The highest BCUT2D eigenvalue weighted by atomic mass is 16.3. The average Bonchev–Trinajstić information content (AvgIpc) is 3.65. The molecule has 1 unspecified atom stereocenters. The summed E-state index contributed by atoms with van der Waals surface area (Å²) < 4.78 is 6.72. The SMILES string of the molecule is CCCC(/N=C(\C/C(CC)=C(\C)c1cccc(-c2cccc(-c3ccc4c5ccccc5c5cccc6oc3c4c65)c2)c1)c1ccccc1)c1ccccc1. The minimum Gasteiger partial charge on any atom is -0.455 e. The average molecular weight is 712 g/mol. The summed E-state index contributed by atoms with van der Waals surface area (Å²) >= 11 is 0. The second-order valence-electron chi connectivity index (χ2n) is 14.8. The molecule has 1 atom stereocenters. The number of nitrogens with zero attached hydrogens (tertiary/aromatic N) is 1. The molecule has 0 saturated carbocycles. The molecule has 9 rings (SSSR count). The predicted molar refractivity (Wildman–Crippen MR) is 235 cm³/mol. The van der Waals surface area contributed by atoms with Crippen LogP contribution in [-0.2, 0) is 0 Å². The van der Waals surface area contributed by atoms with Crippen LogP contribution in [0.1, 0.15) is 69.2 Å². The van der Waals surface area contributed by atoms with E-state index >= 15 is 0 Å². The summed E-state index contributed by atoms with van der Waals surface area (Å²) in [7, 11) is 0. The van der Waals surface area contributed by atoms with E-state index in [9.17, 15) is 0 Å². The standard InChI is InChI=1S/C53H45NO/c1-4-17-48(37-18-8-6-9-19-37)54-49(38-20-10-7-11-21-38)34-36(5-2)35(3)39-22-14-23-40(32-39)41-24-15-25-42(33-41)43-30-31-47-45-27-13-12-26-44(45)46-28-16-29-50-51(46)52(47)53(43)55-50/h6-16,18-33,48H,4-5,17,34H2,1-3H3/b36-35+,54-49+. The van der Waals surface area contributed by atoms with E-state index in [4.69, 9.17) is 9.41 Å². The van der Waals surface area contributed by atoms with Crippen LogP contribution in [0.15, 0.2) is 179 Å². The maximum Gasteiger partial charge on any atom is 0.143 e. The van der Waals surface area contributed by atoms with E-state index in [0.717, 1.165) is 53.7 Å². The van der Waals surface area contributed by atoms with Gasteiger partial charge in [0.05, 0.1) is 6.04 Å². The van der Waals surface area contributed by atoms with Crippen LogP contribution in [0.5, 0.6) is 0 Å². The third-order valence-corrected chi connectivity index (χ3v) is 11.5. The Kier molecular flexibility index (Phi) is 9.34. The number of benzene rings is 8. The third-order valence-electron chi connectivity index (χ3n) is 11.5. The fraction of sp³-hybridized carbons (Fsp3) is 0.151. The molecule has 0 amide bonds. The summed E-state index contributed by atoms with van der Waals surface area (Å²) in [6.45, 7) is 6.81. The van der Waals surface area contributed by atoms with E-state index in [1.807, 2.05) is 0 Å². The Balaban J connectivity index is 1.09. The van der Waals surface area contributed by atoms with E-state index < -0.39 is 0 Å². The van der Waals surface area contributed by atoms with Crippen LogP contribution in [0, 0.1) is 0 Å². The molecule has 0 aliphatic heterocycles. The molecular formula is C53H45NO. The van der Waals surface area contributed by atoms with Crippen LogP contribution in [0.25, 0.3) is 71.3 Å². The molecule has 0 spiro atoms. The van der Waals surface area contributed by atoms with Crippen molar-refractivity contribution in [1.29, 1.82) is 0 Å². The first-order valence-corrected chi connectivity index (χ1v) is 19.8. The molecule has 0 aliphatic rings. The van der Waals surface area contributed by atoms with Gasteiger partial charge in [-0.05, 0) is 105 Å². The van der Waals surface area contributed by atoms with E-state index in [1.165, 1.54) is 71.3 Å². The Morgan fingerprint density at radius 2 is 1.18 bits per heavy atom. The van der Waals surface area contributed by atoms with Crippen LogP contribution >= 0.6 is 0 Å². The van der Waals surface area contributed by atoms with Gasteiger partial charge in [-0.2, -0.15) is 0 Å². The number of hydrogen-bond acceptors (Lipinski definition) is 2. The Hall–Kier alpha value is -6.25. The summed E-state index contributed by atoms with van der Waals surface area (Å²) in [5, 5.41) is 7.45. The van der Waals surface area contributed by atoms with Gasteiger partial charge in [-0.1, -0.05) is 165 Å². The Morgan fingerprint density at radius 1 is 0.564 bits per heavy atom. The van der Waals surface area contributed by atoms with Gasteiger partial charge in [-0.15, -0.1) is 0 Å². The summed E-state index contributed by atoms with van der Waals surface area (Å²) in [5.41, 5.74) is 14.2. The number of rotatable bonds is 11. The van der Waals surface area contributed by atoms with Crippen molar-refractivity contribution in [3.63, 3.8) is 0 Å². The maximum absolute atomic E-state index is 6.72. The summed E-state index contributed by atoms with van der Waals surface area (Å²) in [4.78, 5) is 5.51. The zero-order valence-corrected chi connectivity index (χ0v) is 31.8. The molecule has 1 aromatic heterocycles. The van der Waals surface area contributed by atoms with Gasteiger partial charge in [-0.3, -0.25) is 4.99 Å². The van der Waals surface area contributed by atoms with Crippen molar-refractivity contribution in [2.45, 2.75) is 52.5 Å². The van der Waals surface area contributed by atoms with Crippen LogP contribution in [-0.4, -0.2) is 5.71 Å². The monoisotopic (exact) mass is 711 g/mol. The second kappa shape index (κ2) is 14.9. The lowest BCUT2D eigenvalue weighted by molar-refractivity contribution is 0.640. The van der Waals surface area contributed by atoms with Gasteiger partial charge in [-0.25, -0.2) is 0 Å². The van der Waals surface area contributed by atoms with E-state index in [1.54, 1.807) is 0 Å². The summed E-state index contributed by atoms with van der Waals surface area (Å²) in [6.07, 6.45) is 3.87. The molecule has 1 heterocycles. The second-order valence-corrected chi connectivity index (χ2v) is 14.8. The van der Waals surface area contributed by atoms with Crippen molar-refractivity contribution in [2.75, 3.05) is 0 Å². The first kappa shape index (κ1) is 34.5. The highest BCUT2D eigenvalue weighted by Crippen LogP contribution is 2.46. The van der Waals surface area contributed by atoms with Gasteiger partial charge in [0.25, 0.3) is 0 Å². The molecule has 0 bridgehead atoms. The third kappa shape index (κ3) is 6.42. The summed E-state index contributed by atoms with van der Waals surface area (Å²) in [5.74, 6) is 0. The van der Waals surface area contributed by atoms with Crippen molar-refractivity contribution in [1.82, 2.24) is 0 Å². The molecule has 0 N–H and O–H groups in total. The molecule has 55 heavy (non-hydrogen) atoms. The van der Waals surface area contributed by atoms with Gasteiger partial charge in [0, 0.05) is 28.5 Å². The van der Waals surface area contributed by atoms with E-state index in [0.29, 0.717) is 0 Å². The topological polar surface area (TPSA) is 25.5 Å². The molecule has 8 aromatic carbocycles. The van der Waals surface area contributed by atoms with Crippen molar-refractivity contribution in [2.24, 2.45) is 4.99 Å². The Bertz CT molecular complexity index is 2840. The molecule has 2 heteroatoms. The number of furan rings is 1. The molecular weight excluding hydrogens is 667 g/mol. The van der Waals surface area contributed by atoms with Crippen LogP contribution < -0.4 is 0 Å². The van der Waals surface area contributed by atoms with E-state index in [-0.39, 0.29) is 6.04 Å². The summed E-state index contributed by atoms with van der Waals surface area (Å²) in [6, 6.07) is 59.3. The van der Waals surface area contributed by atoms with Gasteiger partial charge < -0.3 is 4.42 Å². The Morgan fingerprint density at radius 3 is 1.93 bits per heavy atom. The minimum atomic E-state index is 0.133. The number of fused-ring (bicyclic) bond motifs is 3. The highest BCUT2D eigenvalue weighted by molar-refractivity contribution is 6.34. The molecule has 0 aliphatic carbocycles. The lowest BCUT2D eigenvalue weighted by Gasteiger charge is -2.18. The van der Waals surface area contributed by atoms with Crippen molar-refractivity contribution in [3.05, 3.63) is 186 Å². The first-order valence-electron chi connectivity index (χ1n) is 19.8. The van der Waals surface area contributed by atoms with Crippen molar-refractivity contribution >= 4 is 54.8 Å². The van der Waals surface area contributed by atoms with Crippen molar-refractivity contribution in [3.8, 4) is 22.3 Å². The highest BCUT2D eigenvalue weighted by Gasteiger charge is 2.20. The molecule has 268 valence electrons. The number of aliphatic imine (C=N–C) groups is 1. The Labute approximate surface area is 323 Å². The normalized spacial score (nSPS) is 13.3. The number of hydrogen-bond donors (Lipinski definition) is 0. The lowest BCUT2D eigenvalue weighted by Crippen LogP contribution is -2.08. The van der Waals surface area contributed by atoms with E-state index in [2.05, 4.69) is 185 Å². The van der Waals surface area contributed by atoms with Gasteiger partial charge in [0.1, 0.15) is 11.2 Å². The lowest BCUT2D eigenvalue weighted by atomic mass is 9.90. The molecule has 9 aromatic rings. The van der Waals surface area contributed by atoms with Crippen molar-refractivity contribution < 1.29 is 4.42 Å². The number of allylic oxidation sites excluding steroid dienone is 2. The largest absolute Gasteiger partial charge is 0.455 e. The predicted octanol–water partition coefficient (Wildman–Crippen LogP) is 15.3.